The minimum atomic E-state index is -0.761. The van der Waals surface area contributed by atoms with E-state index in [2.05, 4.69) is 20.8 Å². The highest BCUT2D eigenvalue weighted by atomic mass is 16.6. The zero-order chi connectivity index (χ0) is 55.0. The summed E-state index contributed by atoms with van der Waals surface area (Å²) in [6, 6.07) is 0. The molecule has 0 heterocycles. The molecule has 0 N–H and O–H groups in total. The van der Waals surface area contributed by atoms with Crippen LogP contribution < -0.4 is 0 Å². The molecule has 0 aromatic heterocycles. The molecular formula is C70H136O6. The fraction of sp³-hybridized carbons (Fsp3) is 0.957. The number of unbranched alkanes of at least 4 members (excludes halogenated alkanes) is 55. The maximum atomic E-state index is 12.9. The SMILES string of the molecule is CCCCCCCCCCCCCCCCCCCCCCCCCCCCCCCCCC(=O)OCC(COC(=O)CCCCCCCCC)OC(=O)CCCCCCCCCCCCCCCCCCCCCC. The molecule has 0 aliphatic heterocycles. The first-order chi connectivity index (χ1) is 37.5. The van der Waals surface area contributed by atoms with Crippen LogP contribution in [0.3, 0.4) is 0 Å². The second-order valence-electron chi connectivity index (χ2n) is 24.2. The Balaban J connectivity index is 3.95. The molecule has 0 aromatic carbocycles. The van der Waals surface area contributed by atoms with E-state index < -0.39 is 6.10 Å². The highest BCUT2D eigenvalue weighted by Crippen LogP contribution is 2.19. The van der Waals surface area contributed by atoms with Crippen LogP contribution in [-0.2, 0) is 28.6 Å². The summed E-state index contributed by atoms with van der Waals surface area (Å²) in [6.07, 6.45) is 77.5. The third-order valence-corrected chi connectivity index (χ3v) is 16.4. The third kappa shape index (κ3) is 63.2. The lowest BCUT2D eigenvalue weighted by Crippen LogP contribution is -2.30. The Bertz CT molecular complexity index is 1140. The normalized spacial score (nSPS) is 11.9. The smallest absolute Gasteiger partial charge is 0.306 e. The van der Waals surface area contributed by atoms with Gasteiger partial charge in [0, 0.05) is 19.3 Å². The minimum Gasteiger partial charge on any atom is -0.462 e. The molecule has 6 nitrogen and oxygen atoms in total. The molecule has 1 unspecified atom stereocenters. The van der Waals surface area contributed by atoms with Crippen LogP contribution >= 0.6 is 0 Å². The fourth-order valence-electron chi connectivity index (χ4n) is 11.1. The lowest BCUT2D eigenvalue weighted by molar-refractivity contribution is -0.167. The molecule has 0 amide bonds. The number of esters is 3. The number of rotatable bonds is 66. The Morgan fingerprint density at radius 1 is 0.211 bits per heavy atom. The van der Waals surface area contributed by atoms with Gasteiger partial charge < -0.3 is 14.2 Å². The van der Waals surface area contributed by atoms with Crippen molar-refractivity contribution in [3.63, 3.8) is 0 Å². The van der Waals surface area contributed by atoms with Gasteiger partial charge in [-0.05, 0) is 19.3 Å². The first-order valence-electron chi connectivity index (χ1n) is 35.0. The van der Waals surface area contributed by atoms with E-state index >= 15 is 0 Å². The molecule has 0 fully saturated rings. The first kappa shape index (κ1) is 74.4. The summed E-state index contributed by atoms with van der Waals surface area (Å²) in [6.45, 7) is 6.69. The summed E-state index contributed by atoms with van der Waals surface area (Å²) in [7, 11) is 0. The van der Waals surface area contributed by atoms with Crippen LogP contribution in [0.4, 0.5) is 0 Å². The summed E-state index contributed by atoms with van der Waals surface area (Å²) in [5.41, 5.74) is 0. The Kier molecular flexibility index (Phi) is 64.5. The predicted octanol–water partition coefficient (Wildman–Crippen LogP) is 23.8. The monoisotopic (exact) mass is 1070 g/mol. The van der Waals surface area contributed by atoms with Gasteiger partial charge in [-0.1, -0.05) is 374 Å². The average Bonchev–Trinajstić information content (AvgIpc) is 3.42. The first-order valence-corrected chi connectivity index (χ1v) is 35.0. The Morgan fingerprint density at radius 3 is 0.526 bits per heavy atom. The van der Waals surface area contributed by atoms with Gasteiger partial charge in [0.05, 0.1) is 0 Å². The average molecular weight is 1070 g/mol. The van der Waals surface area contributed by atoms with Gasteiger partial charge in [0.25, 0.3) is 0 Å². The molecule has 0 aliphatic carbocycles. The number of ether oxygens (including phenoxy) is 3. The lowest BCUT2D eigenvalue weighted by atomic mass is 10.0. The molecule has 0 bridgehead atoms. The topological polar surface area (TPSA) is 78.9 Å². The van der Waals surface area contributed by atoms with E-state index in [-0.39, 0.29) is 31.1 Å². The van der Waals surface area contributed by atoms with Crippen molar-refractivity contribution in [3.8, 4) is 0 Å². The van der Waals surface area contributed by atoms with E-state index in [4.69, 9.17) is 14.2 Å². The van der Waals surface area contributed by atoms with Crippen LogP contribution in [-0.4, -0.2) is 37.2 Å². The van der Waals surface area contributed by atoms with Gasteiger partial charge in [0.1, 0.15) is 13.2 Å². The van der Waals surface area contributed by atoms with Crippen molar-refractivity contribution >= 4 is 17.9 Å². The highest BCUT2D eigenvalue weighted by molar-refractivity contribution is 5.71. The van der Waals surface area contributed by atoms with Gasteiger partial charge in [-0.2, -0.15) is 0 Å². The molecule has 0 saturated heterocycles. The van der Waals surface area contributed by atoms with E-state index in [1.807, 2.05) is 0 Å². The maximum Gasteiger partial charge on any atom is 0.306 e. The van der Waals surface area contributed by atoms with Crippen molar-refractivity contribution in [2.24, 2.45) is 0 Å². The van der Waals surface area contributed by atoms with E-state index in [1.165, 1.54) is 315 Å². The van der Waals surface area contributed by atoms with Crippen molar-refractivity contribution in [3.05, 3.63) is 0 Å². The Morgan fingerprint density at radius 2 is 0.355 bits per heavy atom. The molecule has 452 valence electrons. The summed E-state index contributed by atoms with van der Waals surface area (Å²) >= 11 is 0. The summed E-state index contributed by atoms with van der Waals surface area (Å²) in [4.78, 5) is 38.1. The van der Waals surface area contributed by atoms with Gasteiger partial charge in [-0.3, -0.25) is 14.4 Å². The van der Waals surface area contributed by atoms with Crippen molar-refractivity contribution < 1.29 is 28.6 Å². The summed E-state index contributed by atoms with van der Waals surface area (Å²) < 4.78 is 16.9. The molecule has 76 heavy (non-hydrogen) atoms. The number of hydrogen-bond donors (Lipinski definition) is 0. The third-order valence-electron chi connectivity index (χ3n) is 16.4. The highest BCUT2D eigenvalue weighted by Gasteiger charge is 2.19. The predicted molar refractivity (Wildman–Crippen MR) is 330 cm³/mol. The standard InChI is InChI=1S/C70H136O6/c1-4-7-10-13-16-18-20-22-24-26-28-30-31-32-33-34-35-36-37-38-39-40-42-43-45-47-49-51-54-57-60-63-69(72)75-66-67(65-74-68(71)62-59-56-53-15-12-9-6-3)76-70(73)64-61-58-55-52-50-48-46-44-41-29-27-25-23-21-19-17-14-11-8-5-2/h67H,4-66H2,1-3H3. The maximum absolute atomic E-state index is 12.9. The summed E-state index contributed by atoms with van der Waals surface area (Å²) in [5.74, 6) is -0.834. The van der Waals surface area contributed by atoms with Crippen LogP contribution in [0.15, 0.2) is 0 Å². The van der Waals surface area contributed by atoms with Crippen LogP contribution in [0.25, 0.3) is 0 Å². The quantitative estimate of drug-likeness (QED) is 0.0343. The summed E-state index contributed by atoms with van der Waals surface area (Å²) in [5, 5.41) is 0. The van der Waals surface area contributed by atoms with E-state index in [0.717, 1.165) is 57.8 Å². The van der Waals surface area contributed by atoms with E-state index in [9.17, 15) is 14.4 Å². The zero-order valence-corrected chi connectivity index (χ0v) is 52.1. The van der Waals surface area contributed by atoms with Crippen molar-refractivity contribution in [1.29, 1.82) is 0 Å². The van der Waals surface area contributed by atoms with Gasteiger partial charge in [0.15, 0.2) is 6.10 Å². The van der Waals surface area contributed by atoms with Crippen molar-refractivity contribution in [2.75, 3.05) is 13.2 Å². The second kappa shape index (κ2) is 65.9. The second-order valence-corrected chi connectivity index (χ2v) is 24.2. The van der Waals surface area contributed by atoms with E-state index in [1.54, 1.807) is 0 Å². The zero-order valence-electron chi connectivity index (χ0n) is 52.1. The van der Waals surface area contributed by atoms with Crippen molar-refractivity contribution in [1.82, 2.24) is 0 Å². The number of carbonyl (C=O) groups is 3. The Hall–Kier alpha value is -1.59. The number of hydrogen-bond acceptors (Lipinski definition) is 6. The van der Waals surface area contributed by atoms with Gasteiger partial charge in [-0.25, -0.2) is 0 Å². The fourth-order valence-corrected chi connectivity index (χ4v) is 11.1. The molecule has 0 spiro atoms. The molecule has 0 aliphatic rings. The van der Waals surface area contributed by atoms with Gasteiger partial charge in [0.2, 0.25) is 0 Å². The van der Waals surface area contributed by atoms with Gasteiger partial charge >= 0.3 is 17.9 Å². The molecule has 1 atom stereocenters. The molecule has 0 rings (SSSR count). The molecule has 0 saturated carbocycles. The lowest BCUT2D eigenvalue weighted by Gasteiger charge is -2.18. The molecule has 0 radical (unpaired) electrons. The van der Waals surface area contributed by atoms with Crippen LogP contribution in [0.2, 0.25) is 0 Å². The van der Waals surface area contributed by atoms with Crippen LogP contribution in [0.1, 0.15) is 412 Å². The van der Waals surface area contributed by atoms with E-state index in [0.29, 0.717) is 19.3 Å². The van der Waals surface area contributed by atoms with Gasteiger partial charge in [-0.15, -0.1) is 0 Å². The largest absolute Gasteiger partial charge is 0.462 e. The van der Waals surface area contributed by atoms with Crippen molar-refractivity contribution in [2.45, 2.75) is 419 Å². The molecule has 0 aromatic rings. The molecule has 6 heteroatoms. The number of carbonyl (C=O) groups excluding carboxylic acids is 3. The van der Waals surface area contributed by atoms with Crippen LogP contribution in [0, 0.1) is 0 Å². The Labute approximate surface area is 476 Å². The molecular weight excluding hydrogens is 937 g/mol. The minimum absolute atomic E-state index is 0.0614. The van der Waals surface area contributed by atoms with Crippen LogP contribution in [0.5, 0.6) is 0 Å².